The van der Waals surface area contributed by atoms with E-state index in [2.05, 4.69) is 43.1 Å². The summed E-state index contributed by atoms with van der Waals surface area (Å²) >= 11 is 5.06. The molecule has 2 aromatic rings. The Morgan fingerprint density at radius 1 is 1.32 bits per heavy atom. The normalized spacial score (nSPS) is 30.9. The number of halogens is 1. The Balaban J connectivity index is 1.73. The molecule has 2 aliphatic rings. The Kier molecular flexibility index (Phi) is 4.52. The van der Waals surface area contributed by atoms with Crippen molar-refractivity contribution >= 4 is 38.9 Å². The summed E-state index contributed by atoms with van der Waals surface area (Å²) in [4.78, 5) is 9.07. The van der Waals surface area contributed by atoms with Gasteiger partial charge in [0.15, 0.2) is 22.1 Å². The summed E-state index contributed by atoms with van der Waals surface area (Å²) < 4.78 is 14.2. The van der Waals surface area contributed by atoms with E-state index in [1.165, 1.54) is 0 Å². The SMILES string of the molecule is CCCSc1nc(Br)c2nnn(C3CC(O)C4OC(C)(C)OC43)c2n1. The van der Waals surface area contributed by atoms with E-state index in [1.807, 2.05) is 13.8 Å². The Bertz CT molecular complexity index is 801. The molecule has 0 radical (unpaired) electrons. The fourth-order valence-corrected chi connectivity index (χ4v) is 4.66. The fourth-order valence-electron chi connectivity index (χ4n) is 3.43. The van der Waals surface area contributed by atoms with E-state index in [9.17, 15) is 5.11 Å². The molecule has 0 aromatic carbocycles. The van der Waals surface area contributed by atoms with Crippen LogP contribution in [0.25, 0.3) is 11.2 Å². The van der Waals surface area contributed by atoms with Gasteiger partial charge in [0.2, 0.25) is 0 Å². The molecule has 8 nitrogen and oxygen atoms in total. The van der Waals surface area contributed by atoms with Crippen molar-refractivity contribution in [3.05, 3.63) is 4.60 Å². The van der Waals surface area contributed by atoms with Gasteiger partial charge < -0.3 is 14.6 Å². The third kappa shape index (κ3) is 3.08. The molecule has 2 aromatic heterocycles. The molecule has 1 aliphatic heterocycles. The largest absolute Gasteiger partial charge is 0.390 e. The van der Waals surface area contributed by atoms with Gasteiger partial charge in [0, 0.05) is 12.2 Å². The molecule has 2 fully saturated rings. The van der Waals surface area contributed by atoms with Crippen LogP contribution in [-0.2, 0) is 9.47 Å². The smallest absolute Gasteiger partial charge is 0.190 e. The average Bonchev–Trinajstić information content (AvgIpc) is 3.18. The van der Waals surface area contributed by atoms with Crippen LogP contribution in [0, 0.1) is 0 Å². The third-order valence-electron chi connectivity index (χ3n) is 4.42. The lowest BCUT2D eigenvalue weighted by Crippen LogP contribution is -2.29. The maximum atomic E-state index is 10.4. The van der Waals surface area contributed by atoms with Gasteiger partial charge in [0.25, 0.3) is 0 Å². The second kappa shape index (κ2) is 6.41. The zero-order valence-electron chi connectivity index (χ0n) is 14.2. The highest BCUT2D eigenvalue weighted by Crippen LogP contribution is 2.44. The van der Waals surface area contributed by atoms with Gasteiger partial charge in [-0.25, -0.2) is 14.6 Å². The van der Waals surface area contributed by atoms with Crippen LogP contribution < -0.4 is 0 Å². The molecule has 1 aliphatic carbocycles. The Hall–Kier alpha value is -0.810. The lowest BCUT2D eigenvalue weighted by atomic mass is 10.2. The summed E-state index contributed by atoms with van der Waals surface area (Å²) in [6, 6.07) is -0.183. The first-order valence-electron chi connectivity index (χ1n) is 8.34. The molecule has 1 saturated heterocycles. The predicted octanol–water partition coefficient (Wildman–Crippen LogP) is 2.31. The predicted molar refractivity (Wildman–Crippen MR) is 95.3 cm³/mol. The van der Waals surface area contributed by atoms with Crippen molar-refractivity contribution in [3.8, 4) is 0 Å². The second-order valence-electron chi connectivity index (χ2n) is 6.79. The molecule has 4 unspecified atom stereocenters. The Morgan fingerprint density at radius 3 is 2.84 bits per heavy atom. The molecule has 0 amide bonds. The summed E-state index contributed by atoms with van der Waals surface area (Å²) in [6.45, 7) is 5.82. The summed E-state index contributed by atoms with van der Waals surface area (Å²) in [5.74, 6) is 0.223. The van der Waals surface area contributed by atoms with Crippen LogP contribution >= 0.6 is 27.7 Å². The maximum absolute atomic E-state index is 10.4. The van der Waals surface area contributed by atoms with Crippen LogP contribution in [0.4, 0.5) is 0 Å². The maximum Gasteiger partial charge on any atom is 0.190 e. The van der Waals surface area contributed by atoms with Crippen molar-refractivity contribution in [3.63, 3.8) is 0 Å². The number of hydrogen-bond donors (Lipinski definition) is 1. The Morgan fingerprint density at radius 2 is 2.08 bits per heavy atom. The monoisotopic (exact) mass is 429 g/mol. The number of aromatic nitrogens is 5. The number of aliphatic hydroxyl groups excluding tert-OH is 1. The highest BCUT2D eigenvalue weighted by Gasteiger charge is 2.55. The van der Waals surface area contributed by atoms with E-state index in [0.717, 1.165) is 12.2 Å². The van der Waals surface area contributed by atoms with Gasteiger partial charge in [-0.3, -0.25) is 0 Å². The molecule has 0 bridgehead atoms. The van der Waals surface area contributed by atoms with Crippen LogP contribution in [0.5, 0.6) is 0 Å². The molecular weight excluding hydrogens is 410 g/mol. The van der Waals surface area contributed by atoms with Gasteiger partial charge in [-0.1, -0.05) is 23.9 Å². The topological polar surface area (TPSA) is 95.2 Å². The minimum absolute atomic E-state index is 0.183. The summed E-state index contributed by atoms with van der Waals surface area (Å²) in [7, 11) is 0. The minimum atomic E-state index is -0.719. The molecule has 1 saturated carbocycles. The summed E-state index contributed by atoms with van der Waals surface area (Å²) in [5, 5.41) is 19.6. The molecule has 3 heterocycles. The van der Waals surface area contributed by atoms with Crippen molar-refractivity contribution in [1.82, 2.24) is 25.0 Å². The first-order valence-corrected chi connectivity index (χ1v) is 10.1. The van der Waals surface area contributed by atoms with E-state index in [0.29, 0.717) is 27.3 Å². The van der Waals surface area contributed by atoms with Crippen molar-refractivity contribution in [2.45, 2.75) is 68.9 Å². The van der Waals surface area contributed by atoms with E-state index in [1.54, 1.807) is 16.4 Å². The number of fused-ring (bicyclic) bond motifs is 2. The molecule has 4 rings (SSSR count). The number of thioether (sulfide) groups is 1. The molecular formula is C15H20BrN5O3S. The molecule has 4 atom stereocenters. The molecule has 10 heteroatoms. The molecule has 25 heavy (non-hydrogen) atoms. The van der Waals surface area contributed by atoms with Crippen molar-refractivity contribution in [2.75, 3.05) is 5.75 Å². The molecule has 136 valence electrons. The number of ether oxygens (including phenoxy) is 2. The number of rotatable bonds is 4. The fraction of sp³-hybridized carbons (Fsp3) is 0.733. The van der Waals surface area contributed by atoms with Gasteiger partial charge in [0.05, 0.1) is 12.1 Å². The number of nitrogens with zero attached hydrogens (tertiary/aromatic N) is 5. The zero-order valence-corrected chi connectivity index (χ0v) is 16.6. The van der Waals surface area contributed by atoms with Crippen LogP contribution in [0.3, 0.4) is 0 Å². The van der Waals surface area contributed by atoms with Crippen molar-refractivity contribution in [1.29, 1.82) is 0 Å². The first kappa shape index (κ1) is 17.6. The van der Waals surface area contributed by atoms with Crippen molar-refractivity contribution < 1.29 is 14.6 Å². The van der Waals surface area contributed by atoms with E-state index < -0.39 is 11.9 Å². The van der Waals surface area contributed by atoms with Crippen molar-refractivity contribution in [2.24, 2.45) is 0 Å². The lowest BCUT2D eigenvalue weighted by molar-refractivity contribution is -0.165. The Labute approximate surface area is 157 Å². The van der Waals surface area contributed by atoms with Crippen LogP contribution in [0.15, 0.2) is 9.76 Å². The lowest BCUT2D eigenvalue weighted by Gasteiger charge is -2.22. The van der Waals surface area contributed by atoms with Gasteiger partial charge in [-0.15, -0.1) is 5.10 Å². The van der Waals surface area contributed by atoms with E-state index >= 15 is 0 Å². The highest BCUT2D eigenvalue weighted by molar-refractivity contribution is 9.10. The number of hydrogen-bond acceptors (Lipinski definition) is 8. The van der Waals surface area contributed by atoms with Gasteiger partial charge in [0.1, 0.15) is 16.8 Å². The summed E-state index contributed by atoms with van der Waals surface area (Å²) in [5.41, 5.74) is 1.25. The zero-order chi connectivity index (χ0) is 17.8. The van der Waals surface area contributed by atoms with Crippen LogP contribution in [0.2, 0.25) is 0 Å². The van der Waals surface area contributed by atoms with Gasteiger partial charge >= 0.3 is 0 Å². The first-order chi connectivity index (χ1) is 11.9. The van der Waals surface area contributed by atoms with Gasteiger partial charge in [-0.05, 0) is 36.2 Å². The molecule has 1 N–H and O–H groups in total. The summed E-state index contributed by atoms with van der Waals surface area (Å²) in [6.07, 6.45) is 0.285. The van der Waals surface area contributed by atoms with Crippen LogP contribution in [-0.4, -0.2) is 59.9 Å². The number of aliphatic hydroxyl groups is 1. The van der Waals surface area contributed by atoms with Gasteiger partial charge in [-0.2, -0.15) is 0 Å². The standard InChI is InChI=1S/C15H20BrN5O3S/c1-4-5-25-14-17-12(16)9-13(18-14)21(20-19-9)7-6-8(22)11-10(7)23-15(2,3)24-11/h7-8,10-11,22H,4-6H2,1-3H3. The third-order valence-corrected chi connectivity index (χ3v) is 6.02. The quantitative estimate of drug-likeness (QED) is 0.449. The van der Waals surface area contributed by atoms with E-state index in [-0.39, 0.29) is 18.2 Å². The van der Waals surface area contributed by atoms with E-state index in [4.69, 9.17) is 9.47 Å². The van der Waals surface area contributed by atoms with Crippen LogP contribution in [0.1, 0.15) is 39.7 Å². The minimum Gasteiger partial charge on any atom is -0.390 e. The second-order valence-corrected chi connectivity index (χ2v) is 8.60. The average molecular weight is 430 g/mol. The highest BCUT2D eigenvalue weighted by atomic mass is 79.9. The molecule has 0 spiro atoms.